The summed E-state index contributed by atoms with van der Waals surface area (Å²) in [6.45, 7) is 6.69. The third-order valence-electron chi connectivity index (χ3n) is 2.71. The van der Waals surface area contributed by atoms with E-state index in [1.165, 1.54) is 51.4 Å². The van der Waals surface area contributed by atoms with Gasteiger partial charge in [-0.1, -0.05) is 57.6 Å². The predicted molar refractivity (Wildman–Crippen MR) is 64.5 cm³/mol. The first-order valence-corrected chi connectivity index (χ1v) is 5.99. The van der Waals surface area contributed by atoms with Crippen molar-refractivity contribution >= 4 is 0 Å². The molecule has 0 spiro atoms. The third-order valence-corrected chi connectivity index (χ3v) is 2.71. The molecule has 0 saturated heterocycles. The second kappa shape index (κ2) is 12.7. The fourth-order valence-electron chi connectivity index (χ4n) is 1.66. The molecule has 0 radical (unpaired) electrons. The van der Waals surface area contributed by atoms with E-state index in [1.807, 2.05) is 0 Å². The Hall–Kier alpha value is -0.330. The van der Waals surface area contributed by atoms with Crippen molar-refractivity contribution < 1.29 is 4.70 Å². The lowest BCUT2D eigenvalue weighted by Gasteiger charge is -2.03. The van der Waals surface area contributed by atoms with Gasteiger partial charge in [0, 0.05) is 0 Å². The molecule has 1 heteroatoms. The van der Waals surface area contributed by atoms with Gasteiger partial charge in [-0.25, -0.2) is 0 Å². The average molecular weight is 202 g/mol. The Morgan fingerprint density at radius 1 is 0.929 bits per heavy atom. The van der Waals surface area contributed by atoms with Crippen LogP contribution in [-0.4, -0.2) is 0 Å². The summed E-state index contributed by atoms with van der Waals surface area (Å²) in [5.74, 6) is 0. The van der Waals surface area contributed by atoms with Gasteiger partial charge in [0.15, 0.2) is 0 Å². The van der Waals surface area contributed by atoms with Crippen molar-refractivity contribution in [1.29, 1.82) is 0 Å². The summed E-state index contributed by atoms with van der Waals surface area (Å²) in [6, 6.07) is 0. The summed E-state index contributed by atoms with van der Waals surface area (Å²) in [5, 5.41) is 0. The molecule has 0 N–H and O–H groups in total. The third kappa shape index (κ3) is 9.76. The first-order chi connectivity index (χ1) is 6.35. The Bertz CT molecular complexity index is 127. The number of unbranched alkanes of at least 4 members (excludes halogenated alkanes) is 5. The van der Waals surface area contributed by atoms with E-state index in [2.05, 4.69) is 26.8 Å². The molecule has 0 atom stereocenters. The summed E-state index contributed by atoms with van der Waals surface area (Å²) in [4.78, 5) is 0. The minimum atomic E-state index is 0. The zero-order valence-corrected chi connectivity index (χ0v) is 10.1. The van der Waals surface area contributed by atoms with Crippen molar-refractivity contribution in [2.24, 2.45) is 0 Å². The zero-order chi connectivity index (χ0) is 9.94. The maximum absolute atomic E-state index is 2.28. The van der Waals surface area contributed by atoms with E-state index < -0.39 is 0 Å². The SMILES string of the molecule is CC=C(CC)CCCCCCCC.F. The molecule has 0 saturated carbocycles. The van der Waals surface area contributed by atoms with Crippen LogP contribution in [-0.2, 0) is 0 Å². The smallest absolute Gasteiger partial charge is 0.0321 e. The average Bonchev–Trinajstić information content (AvgIpc) is 2.17. The lowest BCUT2D eigenvalue weighted by molar-refractivity contribution is 0.603. The van der Waals surface area contributed by atoms with Gasteiger partial charge in [-0.3, -0.25) is 4.70 Å². The van der Waals surface area contributed by atoms with Crippen molar-refractivity contribution in [3.05, 3.63) is 11.6 Å². The van der Waals surface area contributed by atoms with Gasteiger partial charge in [-0.2, -0.15) is 0 Å². The molecule has 0 aromatic rings. The van der Waals surface area contributed by atoms with Crippen LogP contribution in [0.15, 0.2) is 11.6 Å². The minimum absolute atomic E-state index is 0. The normalized spacial score (nSPS) is 11.2. The maximum Gasteiger partial charge on any atom is -0.0321 e. The molecule has 0 heterocycles. The molecule has 0 fully saturated rings. The first kappa shape index (κ1) is 16.1. The summed E-state index contributed by atoms with van der Waals surface area (Å²) in [5.41, 5.74) is 1.63. The Balaban J connectivity index is 0. The maximum atomic E-state index is 2.28. The minimum Gasteiger partial charge on any atom is -0.269 e. The highest BCUT2D eigenvalue weighted by Crippen LogP contribution is 2.13. The highest BCUT2D eigenvalue weighted by molar-refractivity contribution is 4.98. The topological polar surface area (TPSA) is 0 Å². The van der Waals surface area contributed by atoms with Gasteiger partial charge in [0.1, 0.15) is 0 Å². The standard InChI is InChI=1S/C13H26.FH/c1-4-7-8-9-10-11-12-13(5-2)6-3;/h5H,4,6-12H2,1-3H3;1H. The Morgan fingerprint density at radius 2 is 1.50 bits per heavy atom. The van der Waals surface area contributed by atoms with Gasteiger partial charge in [0.05, 0.1) is 0 Å². The van der Waals surface area contributed by atoms with E-state index >= 15 is 0 Å². The van der Waals surface area contributed by atoms with Crippen LogP contribution in [0, 0.1) is 0 Å². The lowest BCUT2D eigenvalue weighted by Crippen LogP contribution is -1.83. The Labute approximate surface area is 89.2 Å². The molecule has 0 aromatic heterocycles. The van der Waals surface area contributed by atoms with Crippen LogP contribution in [0.2, 0.25) is 0 Å². The lowest BCUT2D eigenvalue weighted by atomic mass is 10.0. The van der Waals surface area contributed by atoms with Crippen molar-refractivity contribution in [2.45, 2.75) is 72.1 Å². The van der Waals surface area contributed by atoms with Crippen LogP contribution in [0.1, 0.15) is 72.1 Å². The molecule has 0 rings (SSSR count). The van der Waals surface area contributed by atoms with Gasteiger partial charge in [-0.05, 0) is 26.2 Å². The first-order valence-electron chi connectivity index (χ1n) is 5.99. The molecule has 0 bridgehead atoms. The fraction of sp³-hybridized carbons (Fsp3) is 0.846. The number of hydrogen-bond acceptors (Lipinski definition) is 0. The molecule has 14 heavy (non-hydrogen) atoms. The molecule has 86 valence electrons. The summed E-state index contributed by atoms with van der Waals surface area (Å²) < 4.78 is 0. The number of allylic oxidation sites excluding steroid dienone is 2. The van der Waals surface area contributed by atoms with Gasteiger partial charge >= 0.3 is 0 Å². The van der Waals surface area contributed by atoms with Crippen LogP contribution in [0.5, 0.6) is 0 Å². The molecule has 0 amide bonds. The van der Waals surface area contributed by atoms with Crippen LogP contribution in [0.3, 0.4) is 0 Å². The Morgan fingerprint density at radius 3 is 2.00 bits per heavy atom. The zero-order valence-electron chi connectivity index (χ0n) is 10.1. The quantitative estimate of drug-likeness (QED) is 0.373. The van der Waals surface area contributed by atoms with E-state index in [9.17, 15) is 0 Å². The monoisotopic (exact) mass is 202 g/mol. The van der Waals surface area contributed by atoms with E-state index in [-0.39, 0.29) is 4.70 Å². The van der Waals surface area contributed by atoms with Gasteiger partial charge < -0.3 is 0 Å². The van der Waals surface area contributed by atoms with E-state index in [1.54, 1.807) is 5.57 Å². The highest BCUT2D eigenvalue weighted by Gasteiger charge is 1.93. The van der Waals surface area contributed by atoms with Crippen LogP contribution in [0.25, 0.3) is 0 Å². The van der Waals surface area contributed by atoms with Gasteiger partial charge in [0.25, 0.3) is 0 Å². The van der Waals surface area contributed by atoms with E-state index in [0.29, 0.717) is 0 Å². The van der Waals surface area contributed by atoms with E-state index in [0.717, 1.165) is 0 Å². The van der Waals surface area contributed by atoms with Gasteiger partial charge in [-0.15, -0.1) is 0 Å². The summed E-state index contributed by atoms with van der Waals surface area (Å²) >= 11 is 0. The Kier molecular flexibility index (Phi) is 14.6. The van der Waals surface area contributed by atoms with Crippen molar-refractivity contribution in [2.75, 3.05) is 0 Å². The largest absolute Gasteiger partial charge is 0.269 e. The van der Waals surface area contributed by atoms with Crippen molar-refractivity contribution in [3.63, 3.8) is 0 Å². The second-order valence-electron chi connectivity index (χ2n) is 3.82. The second-order valence-corrected chi connectivity index (χ2v) is 3.82. The molecule has 0 unspecified atom stereocenters. The molecular weight excluding hydrogens is 175 g/mol. The molecule has 0 aliphatic heterocycles. The fourth-order valence-corrected chi connectivity index (χ4v) is 1.66. The van der Waals surface area contributed by atoms with Gasteiger partial charge in [0.2, 0.25) is 0 Å². The molecule has 0 aliphatic rings. The molecule has 0 aliphatic carbocycles. The number of hydrogen-bond donors (Lipinski definition) is 0. The molecule has 0 aromatic carbocycles. The van der Waals surface area contributed by atoms with Crippen LogP contribution in [0.4, 0.5) is 4.70 Å². The summed E-state index contributed by atoms with van der Waals surface area (Å²) in [6.07, 6.45) is 13.3. The number of rotatable bonds is 8. The summed E-state index contributed by atoms with van der Waals surface area (Å²) in [7, 11) is 0. The number of halogens is 1. The van der Waals surface area contributed by atoms with Crippen molar-refractivity contribution in [3.8, 4) is 0 Å². The molecular formula is C13H27F. The van der Waals surface area contributed by atoms with Crippen molar-refractivity contribution in [1.82, 2.24) is 0 Å². The van der Waals surface area contributed by atoms with Crippen LogP contribution < -0.4 is 0 Å². The predicted octanol–water partition coefficient (Wildman–Crippen LogP) is 5.25. The van der Waals surface area contributed by atoms with Crippen LogP contribution >= 0.6 is 0 Å². The molecule has 0 nitrogen and oxygen atoms in total. The van der Waals surface area contributed by atoms with E-state index in [4.69, 9.17) is 0 Å². The highest BCUT2D eigenvalue weighted by atomic mass is 19.0.